The highest BCUT2D eigenvalue weighted by Gasteiger charge is 2.26. The van der Waals surface area contributed by atoms with Gasteiger partial charge in [-0.1, -0.05) is 12.1 Å². The van der Waals surface area contributed by atoms with Gasteiger partial charge in [0.1, 0.15) is 0 Å². The van der Waals surface area contributed by atoms with Crippen LogP contribution in [-0.4, -0.2) is 18.4 Å². The minimum absolute atomic E-state index is 0.532. The lowest BCUT2D eigenvalue weighted by Crippen LogP contribution is -2.44. The second-order valence-corrected chi connectivity index (χ2v) is 4.71. The van der Waals surface area contributed by atoms with Gasteiger partial charge in [-0.3, -0.25) is 4.79 Å². The van der Waals surface area contributed by atoms with Crippen LogP contribution in [0.15, 0.2) is 24.3 Å². The van der Waals surface area contributed by atoms with Crippen molar-refractivity contribution in [1.82, 2.24) is 0 Å². The van der Waals surface area contributed by atoms with Gasteiger partial charge in [0, 0.05) is 23.3 Å². The van der Waals surface area contributed by atoms with Crippen molar-refractivity contribution in [2.24, 2.45) is 0 Å². The molecule has 2 heteroatoms. The average molecular weight is 217 g/mol. The molecular weight excluding hydrogens is 198 g/mol. The van der Waals surface area contributed by atoms with E-state index in [1.807, 2.05) is 18.2 Å². The molecule has 1 saturated heterocycles. The molecule has 86 valence electrons. The fraction of sp³-hybridized carbons (Fsp3) is 0.500. The number of nitrogens with zero attached hydrogens (tertiary/aromatic N) is 1. The second kappa shape index (κ2) is 4.69. The summed E-state index contributed by atoms with van der Waals surface area (Å²) in [6.07, 6.45) is 4.69. The summed E-state index contributed by atoms with van der Waals surface area (Å²) in [5.41, 5.74) is 1.90. The molecule has 1 fully saturated rings. The molecule has 0 spiro atoms. The van der Waals surface area contributed by atoms with Gasteiger partial charge in [0.25, 0.3) is 0 Å². The SMILES string of the molecule is CC1CCCC(C)N1c1ccccc1C=O. The Hall–Kier alpha value is -1.31. The lowest BCUT2D eigenvalue weighted by Gasteiger charge is -2.41. The second-order valence-electron chi connectivity index (χ2n) is 4.71. The fourth-order valence-corrected chi connectivity index (χ4v) is 2.72. The van der Waals surface area contributed by atoms with Gasteiger partial charge in [0.15, 0.2) is 6.29 Å². The molecule has 1 aliphatic rings. The third kappa shape index (κ3) is 1.97. The number of hydrogen-bond acceptors (Lipinski definition) is 2. The van der Waals surface area contributed by atoms with Crippen LogP contribution in [0.5, 0.6) is 0 Å². The van der Waals surface area contributed by atoms with Gasteiger partial charge >= 0.3 is 0 Å². The van der Waals surface area contributed by atoms with Gasteiger partial charge in [-0.05, 0) is 45.2 Å². The first-order valence-electron chi connectivity index (χ1n) is 6.06. The lowest BCUT2D eigenvalue weighted by atomic mass is 9.95. The predicted octanol–water partition coefficient (Wildman–Crippen LogP) is 3.27. The summed E-state index contributed by atoms with van der Waals surface area (Å²) in [6.45, 7) is 4.49. The number of benzene rings is 1. The van der Waals surface area contributed by atoms with Crippen LogP contribution in [0.25, 0.3) is 0 Å². The van der Waals surface area contributed by atoms with Crippen molar-refractivity contribution in [1.29, 1.82) is 0 Å². The van der Waals surface area contributed by atoms with Crippen LogP contribution in [0, 0.1) is 0 Å². The van der Waals surface area contributed by atoms with Crippen LogP contribution in [0.4, 0.5) is 5.69 Å². The standard InChI is InChI=1S/C14H19NO/c1-11-6-5-7-12(2)15(11)14-9-4-3-8-13(14)10-16/h3-4,8-12H,5-7H2,1-2H3. The van der Waals surface area contributed by atoms with Crippen molar-refractivity contribution in [3.8, 4) is 0 Å². The van der Waals surface area contributed by atoms with E-state index in [4.69, 9.17) is 0 Å². The zero-order valence-corrected chi connectivity index (χ0v) is 10.0. The maximum absolute atomic E-state index is 11.1. The topological polar surface area (TPSA) is 20.3 Å². The van der Waals surface area contributed by atoms with Crippen LogP contribution >= 0.6 is 0 Å². The van der Waals surface area contributed by atoms with Gasteiger partial charge in [-0.2, -0.15) is 0 Å². The lowest BCUT2D eigenvalue weighted by molar-refractivity contribution is 0.112. The minimum atomic E-state index is 0.532. The number of carbonyl (C=O) groups is 1. The number of para-hydroxylation sites is 1. The van der Waals surface area contributed by atoms with Gasteiger partial charge in [-0.25, -0.2) is 0 Å². The number of anilines is 1. The smallest absolute Gasteiger partial charge is 0.152 e. The van der Waals surface area contributed by atoms with Crippen LogP contribution in [0.1, 0.15) is 43.5 Å². The van der Waals surface area contributed by atoms with E-state index in [1.54, 1.807) is 0 Å². The third-order valence-electron chi connectivity index (χ3n) is 3.54. The molecule has 0 N–H and O–H groups in total. The molecular formula is C14H19NO. The van der Waals surface area contributed by atoms with Crippen molar-refractivity contribution < 1.29 is 4.79 Å². The highest BCUT2D eigenvalue weighted by molar-refractivity contribution is 5.84. The Morgan fingerprint density at radius 3 is 2.44 bits per heavy atom. The van der Waals surface area contributed by atoms with Crippen molar-refractivity contribution in [2.75, 3.05) is 4.90 Å². The molecule has 1 aromatic rings. The van der Waals surface area contributed by atoms with E-state index in [-0.39, 0.29) is 0 Å². The molecule has 0 amide bonds. The van der Waals surface area contributed by atoms with E-state index in [0.717, 1.165) is 17.5 Å². The third-order valence-corrected chi connectivity index (χ3v) is 3.54. The van der Waals surface area contributed by atoms with Gasteiger partial charge < -0.3 is 4.90 Å². The quantitative estimate of drug-likeness (QED) is 0.709. The van der Waals surface area contributed by atoms with Gasteiger partial charge in [0.05, 0.1) is 0 Å². The minimum Gasteiger partial charge on any atom is -0.366 e. The average Bonchev–Trinajstić information content (AvgIpc) is 2.29. The summed E-state index contributed by atoms with van der Waals surface area (Å²) in [6, 6.07) is 8.95. The summed E-state index contributed by atoms with van der Waals surface area (Å²) >= 11 is 0. The van der Waals surface area contributed by atoms with Crippen molar-refractivity contribution in [3.63, 3.8) is 0 Å². The maximum atomic E-state index is 11.1. The molecule has 2 rings (SSSR count). The molecule has 1 aromatic carbocycles. The molecule has 0 bridgehead atoms. The normalized spacial score (nSPS) is 25.5. The summed E-state index contributed by atoms with van der Waals surface area (Å²) in [5.74, 6) is 0. The molecule has 16 heavy (non-hydrogen) atoms. The van der Waals surface area contributed by atoms with E-state index >= 15 is 0 Å². The van der Waals surface area contributed by atoms with E-state index in [2.05, 4.69) is 24.8 Å². The maximum Gasteiger partial charge on any atom is 0.152 e. The molecule has 0 aliphatic carbocycles. The molecule has 1 aliphatic heterocycles. The number of hydrogen-bond donors (Lipinski definition) is 0. The van der Waals surface area contributed by atoms with E-state index in [9.17, 15) is 4.79 Å². The zero-order chi connectivity index (χ0) is 11.5. The molecule has 0 radical (unpaired) electrons. The summed E-state index contributed by atoms with van der Waals surface area (Å²) in [5, 5.41) is 0. The summed E-state index contributed by atoms with van der Waals surface area (Å²) in [4.78, 5) is 13.5. The first-order valence-corrected chi connectivity index (χ1v) is 6.06. The van der Waals surface area contributed by atoms with Crippen LogP contribution in [-0.2, 0) is 0 Å². The van der Waals surface area contributed by atoms with Crippen LogP contribution in [0.3, 0.4) is 0 Å². The Labute approximate surface area is 97.3 Å². The Morgan fingerprint density at radius 1 is 1.19 bits per heavy atom. The molecule has 1 heterocycles. The van der Waals surface area contributed by atoms with E-state index in [0.29, 0.717) is 12.1 Å². The zero-order valence-electron chi connectivity index (χ0n) is 10.0. The molecule has 0 aromatic heterocycles. The Bertz CT molecular complexity index is 365. The Kier molecular flexibility index (Phi) is 3.28. The number of carbonyl (C=O) groups excluding carboxylic acids is 1. The van der Waals surface area contributed by atoms with Gasteiger partial charge in [-0.15, -0.1) is 0 Å². The van der Waals surface area contributed by atoms with Crippen LogP contribution in [0.2, 0.25) is 0 Å². The highest BCUT2D eigenvalue weighted by atomic mass is 16.1. The summed E-state index contributed by atoms with van der Waals surface area (Å²) in [7, 11) is 0. The van der Waals surface area contributed by atoms with Crippen LogP contribution < -0.4 is 4.90 Å². The fourth-order valence-electron chi connectivity index (χ4n) is 2.72. The molecule has 2 nitrogen and oxygen atoms in total. The summed E-state index contributed by atoms with van der Waals surface area (Å²) < 4.78 is 0. The van der Waals surface area contributed by atoms with Gasteiger partial charge in [0.2, 0.25) is 0 Å². The highest BCUT2D eigenvalue weighted by Crippen LogP contribution is 2.30. The molecule has 2 atom stereocenters. The molecule has 2 unspecified atom stereocenters. The number of piperidine rings is 1. The van der Waals surface area contributed by atoms with E-state index in [1.165, 1.54) is 19.3 Å². The molecule has 0 saturated carbocycles. The largest absolute Gasteiger partial charge is 0.366 e. The first-order chi connectivity index (χ1) is 7.74. The Balaban J connectivity index is 2.37. The van der Waals surface area contributed by atoms with Crippen molar-refractivity contribution in [2.45, 2.75) is 45.2 Å². The van der Waals surface area contributed by atoms with Crippen molar-refractivity contribution >= 4 is 12.0 Å². The monoisotopic (exact) mass is 217 g/mol. The predicted molar refractivity (Wildman–Crippen MR) is 67.1 cm³/mol. The Morgan fingerprint density at radius 2 is 1.81 bits per heavy atom. The number of rotatable bonds is 2. The number of aldehydes is 1. The van der Waals surface area contributed by atoms with E-state index < -0.39 is 0 Å². The van der Waals surface area contributed by atoms with Crippen molar-refractivity contribution in [3.05, 3.63) is 29.8 Å². The first kappa shape index (κ1) is 11.2.